The summed E-state index contributed by atoms with van der Waals surface area (Å²) in [6, 6.07) is -0.488. The summed E-state index contributed by atoms with van der Waals surface area (Å²) in [4.78, 5) is 13.0. The number of nitrogens with one attached hydrogen (secondary N) is 1. The van der Waals surface area contributed by atoms with Gasteiger partial charge < -0.3 is 25.8 Å². The van der Waals surface area contributed by atoms with E-state index in [0.29, 0.717) is 29.4 Å². The number of fused-ring (bicyclic) bond motifs is 1. The number of hydrogen-bond acceptors (Lipinski definition) is 7. The van der Waals surface area contributed by atoms with Crippen LogP contribution in [0.4, 0.5) is 5.82 Å². The highest BCUT2D eigenvalue weighted by molar-refractivity contribution is 6.28. The van der Waals surface area contributed by atoms with Crippen molar-refractivity contribution in [3.05, 3.63) is 11.6 Å². The van der Waals surface area contributed by atoms with Crippen molar-refractivity contribution in [2.24, 2.45) is 5.73 Å². The van der Waals surface area contributed by atoms with Gasteiger partial charge in [-0.05, 0) is 30.9 Å². The number of aromatic nitrogens is 4. The van der Waals surface area contributed by atoms with Gasteiger partial charge in [-0.25, -0.2) is 4.98 Å². The zero-order valence-corrected chi connectivity index (χ0v) is 15.1. The molecule has 8 nitrogen and oxygen atoms in total. The van der Waals surface area contributed by atoms with Gasteiger partial charge in [0.2, 0.25) is 5.28 Å². The van der Waals surface area contributed by atoms with Crippen molar-refractivity contribution in [1.29, 1.82) is 0 Å². The fourth-order valence-electron chi connectivity index (χ4n) is 3.81. The smallest absolute Gasteiger partial charge is 0.226 e. The second-order valence-electron chi connectivity index (χ2n) is 6.74. The Morgan fingerprint density at radius 1 is 1.20 bits per heavy atom. The second-order valence-corrected chi connectivity index (χ2v) is 7.08. The number of nitrogens with zero attached hydrogens (tertiary/aromatic N) is 4. The molecule has 0 radical (unpaired) electrons. The third-order valence-corrected chi connectivity index (χ3v) is 5.31. The Hall–Kier alpha value is -1.19. The number of halogens is 2. The van der Waals surface area contributed by atoms with Gasteiger partial charge >= 0.3 is 0 Å². The Balaban J connectivity index is 0.00000182. The Kier molecular flexibility index (Phi) is 5.36. The van der Waals surface area contributed by atoms with E-state index in [1.807, 2.05) is 0 Å². The van der Waals surface area contributed by atoms with Crippen LogP contribution in [0.5, 0.6) is 0 Å². The number of imidazole rings is 1. The fraction of sp³-hybridized carbons (Fsp3) is 0.667. The number of nitrogens with two attached hydrogens (primary N) is 1. The van der Waals surface area contributed by atoms with Crippen molar-refractivity contribution in [3.63, 3.8) is 0 Å². The second kappa shape index (κ2) is 7.20. The van der Waals surface area contributed by atoms with Crippen molar-refractivity contribution in [3.8, 4) is 0 Å². The highest BCUT2D eigenvalue weighted by Crippen LogP contribution is 2.34. The SMILES string of the molecule is Cl.N[C@H]1C[C@@H](n2cnc3c(NC4CCCC4)nc(Cl)nc32)[C@H](O)[C@@H]1O. The summed E-state index contributed by atoms with van der Waals surface area (Å²) in [5.41, 5.74) is 7.02. The van der Waals surface area contributed by atoms with E-state index in [1.54, 1.807) is 10.9 Å². The lowest BCUT2D eigenvalue weighted by Gasteiger charge is -2.18. The summed E-state index contributed by atoms with van der Waals surface area (Å²) in [5.74, 6) is 0.619. The van der Waals surface area contributed by atoms with Crippen molar-refractivity contribution < 1.29 is 10.2 Å². The first-order valence-corrected chi connectivity index (χ1v) is 8.70. The van der Waals surface area contributed by atoms with E-state index >= 15 is 0 Å². The monoisotopic (exact) mass is 388 g/mol. The Labute approximate surface area is 156 Å². The molecule has 0 unspecified atom stereocenters. The van der Waals surface area contributed by atoms with E-state index in [1.165, 1.54) is 12.8 Å². The first-order valence-electron chi connectivity index (χ1n) is 8.33. The molecule has 0 amide bonds. The van der Waals surface area contributed by atoms with Gasteiger partial charge in [0, 0.05) is 12.1 Å². The molecule has 0 aromatic carbocycles. The van der Waals surface area contributed by atoms with E-state index in [2.05, 4.69) is 20.3 Å². The van der Waals surface area contributed by atoms with Crippen LogP contribution in [-0.4, -0.2) is 54.0 Å². The number of aliphatic hydroxyl groups excluding tert-OH is 2. The molecule has 25 heavy (non-hydrogen) atoms. The Morgan fingerprint density at radius 2 is 1.92 bits per heavy atom. The molecule has 4 atom stereocenters. The van der Waals surface area contributed by atoms with Gasteiger partial charge in [-0.3, -0.25) is 0 Å². The van der Waals surface area contributed by atoms with Crippen LogP contribution in [0.25, 0.3) is 11.2 Å². The molecule has 2 aromatic heterocycles. The molecule has 0 aliphatic heterocycles. The van der Waals surface area contributed by atoms with E-state index in [0.717, 1.165) is 12.8 Å². The largest absolute Gasteiger partial charge is 0.389 e. The van der Waals surface area contributed by atoms with Crippen LogP contribution >= 0.6 is 24.0 Å². The molecule has 0 saturated heterocycles. The van der Waals surface area contributed by atoms with Crippen LogP contribution in [0.15, 0.2) is 6.33 Å². The molecule has 0 spiro atoms. The van der Waals surface area contributed by atoms with Gasteiger partial charge in [0.1, 0.15) is 6.10 Å². The van der Waals surface area contributed by atoms with Gasteiger partial charge in [0.15, 0.2) is 17.0 Å². The maximum absolute atomic E-state index is 10.3. The molecule has 2 aliphatic rings. The van der Waals surface area contributed by atoms with Crippen molar-refractivity contribution in [2.45, 2.75) is 62.4 Å². The predicted molar refractivity (Wildman–Crippen MR) is 97.1 cm³/mol. The zero-order chi connectivity index (χ0) is 16.8. The lowest BCUT2D eigenvalue weighted by molar-refractivity contribution is 0.0187. The van der Waals surface area contributed by atoms with Gasteiger partial charge in [0.05, 0.1) is 18.5 Å². The summed E-state index contributed by atoms with van der Waals surface area (Å²) in [7, 11) is 0. The molecule has 5 N–H and O–H groups in total. The zero-order valence-electron chi connectivity index (χ0n) is 13.5. The topological polar surface area (TPSA) is 122 Å². The van der Waals surface area contributed by atoms with E-state index in [4.69, 9.17) is 17.3 Å². The predicted octanol–water partition coefficient (Wildman–Crippen LogP) is 1.25. The maximum Gasteiger partial charge on any atom is 0.226 e. The molecule has 2 fully saturated rings. The normalized spacial score (nSPS) is 29.9. The van der Waals surface area contributed by atoms with Gasteiger partial charge in [-0.2, -0.15) is 9.97 Å². The molecule has 138 valence electrons. The third-order valence-electron chi connectivity index (χ3n) is 5.14. The molecule has 2 aromatic rings. The summed E-state index contributed by atoms with van der Waals surface area (Å²) in [6.07, 6.45) is 4.75. The summed E-state index contributed by atoms with van der Waals surface area (Å²) >= 11 is 6.10. The number of aliphatic hydroxyl groups is 2. The van der Waals surface area contributed by atoms with Gasteiger partial charge in [0.25, 0.3) is 0 Å². The number of hydrogen-bond donors (Lipinski definition) is 4. The summed E-state index contributed by atoms with van der Waals surface area (Å²) in [6.45, 7) is 0. The fourth-order valence-corrected chi connectivity index (χ4v) is 3.98. The Bertz CT molecular complexity index is 751. The lowest BCUT2D eigenvalue weighted by atomic mass is 10.2. The van der Waals surface area contributed by atoms with E-state index in [-0.39, 0.29) is 23.7 Å². The minimum absolute atomic E-state index is 0. The molecule has 2 heterocycles. The molecule has 10 heteroatoms. The minimum atomic E-state index is -0.961. The van der Waals surface area contributed by atoms with E-state index < -0.39 is 18.2 Å². The highest BCUT2D eigenvalue weighted by atomic mass is 35.5. The average Bonchev–Trinajstić information content (AvgIpc) is 3.25. The Morgan fingerprint density at radius 3 is 2.56 bits per heavy atom. The van der Waals surface area contributed by atoms with Gasteiger partial charge in [-0.15, -0.1) is 12.4 Å². The van der Waals surface area contributed by atoms with E-state index in [9.17, 15) is 10.2 Å². The molecule has 4 rings (SSSR count). The molecular formula is C15H22Cl2N6O2. The first kappa shape index (κ1) is 18.6. The van der Waals surface area contributed by atoms with Crippen LogP contribution in [0.3, 0.4) is 0 Å². The number of rotatable bonds is 3. The molecule has 2 aliphatic carbocycles. The average molecular weight is 389 g/mol. The van der Waals surface area contributed by atoms with Crippen molar-refractivity contribution >= 4 is 41.0 Å². The van der Waals surface area contributed by atoms with Crippen LogP contribution in [-0.2, 0) is 0 Å². The maximum atomic E-state index is 10.3. The minimum Gasteiger partial charge on any atom is -0.389 e. The molecule has 0 bridgehead atoms. The molecular weight excluding hydrogens is 367 g/mol. The standard InChI is InChI=1S/C15H21ClN6O2.ClH/c16-15-20-13(19-7-3-1-2-4-7)10-14(21-15)22(6-18-10)9-5-8(17)11(23)12(9)24;/h6-9,11-12,23-24H,1-5,17H2,(H,19,20,21);1H/t8-,9+,11+,12-;/m0./s1. The first-order chi connectivity index (χ1) is 11.5. The third kappa shape index (κ3) is 3.29. The van der Waals surface area contributed by atoms with Gasteiger partial charge in [-0.1, -0.05) is 12.8 Å². The summed E-state index contributed by atoms with van der Waals surface area (Å²) in [5, 5.41) is 23.7. The van der Waals surface area contributed by atoms with Crippen LogP contribution < -0.4 is 11.1 Å². The molecule has 2 saturated carbocycles. The summed E-state index contributed by atoms with van der Waals surface area (Å²) < 4.78 is 1.74. The number of anilines is 1. The van der Waals surface area contributed by atoms with Crippen LogP contribution in [0.2, 0.25) is 5.28 Å². The van der Waals surface area contributed by atoms with Crippen LogP contribution in [0.1, 0.15) is 38.1 Å². The quantitative estimate of drug-likeness (QED) is 0.583. The lowest BCUT2D eigenvalue weighted by Crippen LogP contribution is -2.35. The van der Waals surface area contributed by atoms with Crippen molar-refractivity contribution in [1.82, 2.24) is 19.5 Å². The highest BCUT2D eigenvalue weighted by Gasteiger charge is 2.41. The van der Waals surface area contributed by atoms with Crippen molar-refractivity contribution in [2.75, 3.05) is 5.32 Å². The van der Waals surface area contributed by atoms with Crippen LogP contribution in [0, 0.1) is 0 Å².